The van der Waals surface area contributed by atoms with Crippen LogP contribution in [0.4, 0.5) is 0 Å². The largest absolute Gasteiger partial charge is 0.497 e. The zero-order valence-electron chi connectivity index (χ0n) is 15.8. The van der Waals surface area contributed by atoms with Gasteiger partial charge < -0.3 is 14.6 Å². The molecule has 8 heteroatoms. The Balaban J connectivity index is 1.90. The third kappa shape index (κ3) is 4.60. The predicted octanol–water partition coefficient (Wildman–Crippen LogP) is 3.60. The number of ether oxygens (including phenoxy) is 2. The van der Waals surface area contributed by atoms with Crippen LogP contribution in [0.15, 0.2) is 53.4 Å². The summed E-state index contributed by atoms with van der Waals surface area (Å²) in [6.45, 7) is 0. The van der Waals surface area contributed by atoms with Crippen LogP contribution >= 0.6 is 24.0 Å². The fraction of sp³-hybridized carbons (Fsp3) is 0.190. The van der Waals surface area contributed by atoms with E-state index in [1.807, 2.05) is 30.3 Å². The molecule has 0 spiro atoms. The summed E-state index contributed by atoms with van der Waals surface area (Å²) < 4.78 is 10.8. The summed E-state index contributed by atoms with van der Waals surface area (Å²) in [6, 6.07) is 13.3. The van der Waals surface area contributed by atoms with Gasteiger partial charge in [-0.15, -0.1) is 0 Å². The van der Waals surface area contributed by atoms with Gasteiger partial charge in [-0.1, -0.05) is 54.3 Å². The van der Waals surface area contributed by atoms with Crippen molar-refractivity contribution in [2.24, 2.45) is 0 Å². The topological polar surface area (TPSA) is 76.1 Å². The van der Waals surface area contributed by atoms with E-state index in [1.165, 1.54) is 12.0 Å². The monoisotopic (exact) mass is 429 g/mol. The van der Waals surface area contributed by atoms with Crippen LogP contribution in [0.5, 0.6) is 11.5 Å². The van der Waals surface area contributed by atoms with Crippen LogP contribution in [-0.4, -0.2) is 46.5 Å². The zero-order valence-corrected chi connectivity index (χ0v) is 17.5. The first-order valence-corrected chi connectivity index (χ1v) is 9.93. The first-order valence-electron chi connectivity index (χ1n) is 8.70. The molecule has 1 aliphatic rings. The van der Waals surface area contributed by atoms with E-state index in [0.29, 0.717) is 22.0 Å². The Hall–Kier alpha value is -2.84. The normalized spacial score (nSPS) is 16.2. The highest BCUT2D eigenvalue weighted by molar-refractivity contribution is 8.26. The smallest absolute Gasteiger partial charge is 0.327 e. The van der Waals surface area contributed by atoms with Crippen LogP contribution in [-0.2, 0) is 16.0 Å². The summed E-state index contributed by atoms with van der Waals surface area (Å²) in [5.41, 5.74) is 1.48. The first kappa shape index (κ1) is 20.9. The van der Waals surface area contributed by atoms with Crippen molar-refractivity contribution in [1.82, 2.24) is 4.90 Å². The highest BCUT2D eigenvalue weighted by Crippen LogP contribution is 2.36. The molecule has 2 aromatic rings. The third-order valence-corrected chi connectivity index (χ3v) is 5.75. The second-order valence-electron chi connectivity index (χ2n) is 6.20. The average Bonchev–Trinajstić information content (AvgIpc) is 3.00. The van der Waals surface area contributed by atoms with E-state index < -0.39 is 17.9 Å². The minimum Gasteiger partial charge on any atom is -0.497 e. The van der Waals surface area contributed by atoms with Crippen LogP contribution in [0, 0.1) is 0 Å². The van der Waals surface area contributed by atoms with Crippen LogP contribution < -0.4 is 9.47 Å². The number of rotatable bonds is 7. The van der Waals surface area contributed by atoms with E-state index in [-0.39, 0.29) is 10.7 Å². The Bertz CT molecular complexity index is 974. The third-order valence-electron chi connectivity index (χ3n) is 4.42. The Morgan fingerprint density at radius 1 is 1.21 bits per heavy atom. The van der Waals surface area contributed by atoms with Gasteiger partial charge in [0.15, 0.2) is 0 Å². The number of hydrogen-bond donors (Lipinski definition) is 1. The van der Waals surface area contributed by atoms with E-state index in [9.17, 15) is 14.7 Å². The molecule has 1 fully saturated rings. The minimum atomic E-state index is -1.10. The molecule has 1 atom stereocenters. The van der Waals surface area contributed by atoms with Gasteiger partial charge in [-0.05, 0) is 23.8 Å². The molecular weight excluding hydrogens is 410 g/mol. The second kappa shape index (κ2) is 9.11. The molecule has 0 bridgehead atoms. The Kier molecular flexibility index (Phi) is 6.56. The van der Waals surface area contributed by atoms with Crippen LogP contribution in [0.3, 0.4) is 0 Å². The lowest BCUT2D eigenvalue weighted by molar-refractivity contribution is -0.145. The summed E-state index contributed by atoms with van der Waals surface area (Å²) >= 11 is 6.42. The van der Waals surface area contributed by atoms with Crippen LogP contribution in [0.1, 0.15) is 11.1 Å². The first-order chi connectivity index (χ1) is 13.9. The van der Waals surface area contributed by atoms with E-state index >= 15 is 0 Å². The fourth-order valence-corrected chi connectivity index (χ4v) is 4.30. The lowest BCUT2D eigenvalue weighted by Gasteiger charge is -2.23. The summed E-state index contributed by atoms with van der Waals surface area (Å²) in [7, 11) is 3.08. The maximum atomic E-state index is 13.0. The molecule has 0 radical (unpaired) electrons. The van der Waals surface area contributed by atoms with E-state index in [1.54, 1.807) is 31.4 Å². The minimum absolute atomic E-state index is 0.168. The molecule has 1 heterocycles. The molecule has 0 aliphatic carbocycles. The Morgan fingerprint density at radius 2 is 1.93 bits per heavy atom. The number of carbonyl (C=O) groups is 2. The fourth-order valence-electron chi connectivity index (χ4n) is 2.95. The number of methoxy groups -OCH3 is 2. The van der Waals surface area contributed by atoms with Crippen molar-refractivity contribution < 1.29 is 24.2 Å². The van der Waals surface area contributed by atoms with Crippen molar-refractivity contribution >= 4 is 46.3 Å². The van der Waals surface area contributed by atoms with Gasteiger partial charge in [-0.3, -0.25) is 9.69 Å². The van der Waals surface area contributed by atoms with Gasteiger partial charge in [-0.2, -0.15) is 0 Å². The molecule has 3 rings (SSSR count). The van der Waals surface area contributed by atoms with E-state index in [4.69, 9.17) is 21.7 Å². The molecule has 0 aromatic heterocycles. The van der Waals surface area contributed by atoms with E-state index in [0.717, 1.165) is 17.3 Å². The number of benzene rings is 2. The summed E-state index contributed by atoms with van der Waals surface area (Å²) in [4.78, 5) is 26.4. The lowest BCUT2D eigenvalue weighted by Crippen LogP contribution is -2.45. The number of aliphatic carboxylic acids is 1. The van der Waals surface area contributed by atoms with Gasteiger partial charge in [0.2, 0.25) is 0 Å². The molecule has 1 saturated heterocycles. The number of carboxylic acid groups (broad SMARTS) is 1. The average molecular weight is 430 g/mol. The second-order valence-corrected chi connectivity index (χ2v) is 7.88. The van der Waals surface area contributed by atoms with E-state index in [2.05, 4.69) is 0 Å². The molecule has 0 saturated carbocycles. The molecule has 0 unspecified atom stereocenters. The molecule has 29 heavy (non-hydrogen) atoms. The molecule has 1 aliphatic heterocycles. The number of carbonyl (C=O) groups excluding carboxylic acids is 1. The summed E-state index contributed by atoms with van der Waals surface area (Å²) in [5.74, 6) is -0.372. The van der Waals surface area contributed by atoms with Gasteiger partial charge in [0.1, 0.15) is 21.9 Å². The van der Waals surface area contributed by atoms with Crippen molar-refractivity contribution in [3.05, 3.63) is 64.6 Å². The number of nitrogens with zero attached hydrogens (tertiary/aromatic N) is 1. The Labute approximate surface area is 178 Å². The van der Waals surface area contributed by atoms with Crippen molar-refractivity contribution in [3.8, 4) is 11.5 Å². The molecule has 6 nitrogen and oxygen atoms in total. The summed E-state index contributed by atoms with van der Waals surface area (Å²) in [6.07, 6.45) is 1.82. The quantitative estimate of drug-likeness (QED) is 0.532. The maximum Gasteiger partial charge on any atom is 0.327 e. The molecule has 150 valence electrons. The van der Waals surface area contributed by atoms with Crippen molar-refractivity contribution in [3.63, 3.8) is 0 Å². The molecule has 1 N–H and O–H groups in total. The Morgan fingerprint density at radius 3 is 2.55 bits per heavy atom. The highest BCUT2D eigenvalue weighted by Gasteiger charge is 2.40. The lowest BCUT2D eigenvalue weighted by atomic mass is 10.0. The van der Waals surface area contributed by atoms with Crippen molar-refractivity contribution in [2.45, 2.75) is 12.5 Å². The van der Waals surface area contributed by atoms with Crippen molar-refractivity contribution in [2.75, 3.05) is 14.2 Å². The number of carboxylic acids is 1. The maximum absolute atomic E-state index is 13.0. The predicted molar refractivity (Wildman–Crippen MR) is 116 cm³/mol. The van der Waals surface area contributed by atoms with Crippen molar-refractivity contribution in [1.29, 1.82) is 0 Å². The molecule has 1 amide bonds. The highest BCUT2D eigenvalue weighted by atomic mass is 32.2. The van der Waals surface area contributed by atoms with Crippen LogP contribution in [0.2, 0.25) is 0 Å². The summed E-state index contributed by atoms with van der Waals surface area (Å²) in [5, 5.41) is 9.73. The van der Waals surface area contributed by atoms with Gasteiger partial charge >= 0.3 is 5.97 Å². The van der Waals surface area contributed by atoms with Gasteiger partial charge in [0.25, 0.3) is 5.91 Å². The molecular formula is C21H19NO5S2. The molecule has 2 aromatic carbocycles. The number of hydrogen-bond acceptors (Lipinski definition) is 6. The standard InChI is InChI=1S/C21H19NO5S2/c1-26-15-9-8-14(17(12-15)27-2)11-18-19(23)22(21(28)29-18)16(20(24)25)10-13-6-4-3-5-7-13/h3-9,11-12,16H,10H2,1-2H3,(H,24,25)/b18-11-/t16-/m1/s1. The zero-order chi connectivity index (χ0) is 21.0. The number of thioether (sulfide) groups is 1. The number of amides is 1. The van der Waals surface area contributed by atoms with Gasteiger partial charge in [-0.25, -0.2) is 4.79 Å². The number of thiocarbonyl (C=S) groups is 1. The van der Waals surface area contributed by atoms with Gasteiger partial charge in [0.05, 0.1) is 19.1 Å². The van der Waals surface area contributed by atoms with Crippen LogP contribution in [0.25, 0.3) is 6.08 Å². The van der Waals surface area contributed by atoms with Gasteiger partial charge in [0, 0.05) is 18.1 Å². The SMILES string of the molecule is COc1ccc(/C=C2\SC(=S)N([C@H](Cc3ccccc3)C(=O)O)C2=O)c(OC)c1.